The second kappa shape index (κ2) is 11.0. The topological polar surface area (TPSA) is 96.0 Å². The summed E-state index contributed by atoms with van der Waals surface area (Å²) >= 11 is 0. The minimum Gasteiger partial charge on any atom is -0.497 e. The minimum atomic E-state index is -3.76. The first-order valence-corrected chi connectivity index (χ1v) is 12.1. The molecule has 0 saturated carbocycles. The number of nitrogens with one attached hydrogen (secondary N) is 1. The number of aryl methyl sites for hydroxylation is 1. The fraction of sp³-hybridized carbons (Fsp3) is 0.391. The molecule has 2 rings (SSSR count). The van der Waals surface area contributed by atoms with Gasteiger partial charge in [0.1, 0.15) is 18.3 Å². The van der Waals surface area contributed by atoms with Crippen molar-refractivity contribution in [1.82, 2.24) is 10.2 Å². The van der Waals surface area contributed by atoms with E-state index in [4.69, 9.17) is 4.74 Å². The average Bonchev–Trinajstić information content (AvgIpc) is 2.76. The van der Waals surface area contributed by atoms with Crippen molar-refractivity contribution in [3.8, 4) is 5.75 Å². The SMILES string of the molecule is CC[C@H](C(=O)NC)N(Cc1cccc(C)c1)C(=O)CN(c1ccc(OC)cc1)S(C)(=O)=O. The van der Waals surface area contributed by atoms with Gasteiger partial charge in [0.2, 0.25) is 21.8 Å². The Balaban J connectivity index is 2.41. The Morgan fingerprint density at radius 3 is 2.28 bits per heavy atom. The van der Waals surface area contributed by atoms with Crippen molar-refractivity contribution >= 4 is 27.5 Å². The second-order valence-electron chi connectivity index (χ2n) is 7.52. The van der Waals surface area contributed by atoms with Gasteiger partial charge in [-0.1, -0.05) is 36.8 Å². The third-order valence-electron chi connectivity index (χ3n) is 5.11. The Morgan fingerprint density at radius 2 is 1.78 bits per heavy atom. The number of sulfonamides is 1. The number of carbonyl (C=O) groups is 2. The molecular weight excluding hydrogens is 430 g/mol. The molecule has 0 spiro atoms. The number of anilines is 1. The summed E-state index contributed by atoms with van der Waals surface area (Å²) in [5.74, 6) is -0.202. The van der Waals surface area contributed by atoms with Crippen molar-refractivity contribution in [2.24, 2.45) is 0 Å². The molecular formula is C23H31N3O5S. The molecule has 0 fully saturated rings. The molecule has 0 heterocycles. The number of benzene rings is 2. The van der Waals surface area contributed by atoms with Gasteiger partial charge in [-0.25, -0.2) is 8.42 Å². The highest BCUT2D eigenvalue weighted by molar-refractivity contribution is 7.92. The van der Waals surface area contributed by atoms with E-state index < -0.39 is 28.5 Å². The zero-order valence-electron chi connectivity index (χ0n) is 19.2. The first-order valence-electron chi connectivity index (χ1n) is 10.3. The molecule has 1 N–H and O–H groups in total. The highest BCUT2D eigenvalue weighted by Gasteiger charge is 2.31. The average molecular weight is 462 g/mol. The Labute approximate surface area is 190 Å². The van der Waals surface area contributed by atoms with Crippen LogP contribution in [-0.4, -0.2) is 58.1 Å². The molecule has 9 heteroatoms. The van der Waals surface area contributed by atoms with Crippen molar-refractivity contribution in [2.45, 2.75) is 32.9 Å². The fourth-order valence-corrected chi connectivity index (χ4v) is 4.31. The molecule has 174 valence electrons. The van der Waals surface area contributed by atoms with Crippen LogP contribution in [0.15, 0.2) is 48.5 Å². The van der Waals surface area contributed by atoms with E-state index in [1.165, 1.54) is 19.1 Å². The van der Waals surface area contributed by atoms with Gasteiger partial charge in [-0.05, 0) is 43.2 Å². The third kappa shape index (κ3) is 6.46. The molecule has 2 aromatic rings. The van der Waals surface area contributed by atoms with Crippen LogP contribution in [0.5, 0.6) is 5.75 Å². The molecule has 8 nitrogen and oxygen atoms in total. The number of ether oxygens (including phenoxy) is 1. The van der Waals surface area contributed by atoms with Gasteiger partial charge in [0.25, 0.3) is 0 Å². The zero-order valence-corrected chi connectivity index (χ0v) is 20.0. The lowest BCUT2D eigenvalue weighted by Gasteiger charge is -2.32. The van der Waals surface area contributed by atoms with Crippen LogP contribution < -0.4 is 14.4 Å². The second-order valence-corrected chi connectivity index (χ2v) is 9.42. The van der Waals surface area contributed by atoms with Crippen LogP contribution in [0.1, 0.15) is 24.5 Å². The van der Waals surface area contributed by atoms with Gasteiger partial charge in [-0.15, -0.1) is 0 Å². The predicted molar refractivity (Wildman–Crippen MR) is 125 cm³/mol. The van der Waals surface area contributed by atoms with Crippen LogP contribution in [0.25, 0.3) is 0 Å². The van der Waals surface area contributed by atoms with E-state index in [-0.39, 0.29) is 12.5 Å². The van der Waals surface area contributed by atoms with Crippen LogP contribution in [0, 0.1) is 6.92 Å². The largest absolute Gasteiger partial charge is 0.497 e. The van der Waals surface area contributed by atoms with E-state index >= 15 is 0 Å². The van der Waals surface area contributed by atoms with Gasteiger partial charge in [0.15, 0.2) is 0 Å². The van der Waals surface area contributed by atoms with E-state index in [9.17, 15) is 18.0 Å². The van der Waals surface area contributed by atoms with Crippen LogP contribution in [0.2, 0.25) is 0 Å². The number of hydrogen-bond acceptors (Lipinski definition) is 5. The Kier molecular flexibility index (Phi) is 8.65. The first kappa shape index (κ1) is 25.2. The molecule has 0 unspecified atom stereocenters. The maximum Gasteiger partial charge on any atom is 0.244 e. The Morgan fingerprint density at radius 1 is 1.12 bits per heavy atom. The molecule has 2 amide bonds. The van der Waals surface area contributed by atoms with Crippen molar-refractivity contribution in [3.05, 3.63) is 59.7 Å². The molecule has 0 bridgehead atoms. The van der Waals surface area contributed by atoms with Gasteiger partial charge < -0.3 is 15.0 Å². The molecule has 0 radical (unpaired) electrons. The van der Waals surface area contributed by atoms with Crippen LogP contribution in [0.4, 0.5) is 5.69 Å². The van der Waals surface area contributed by atoms with E-state index in [0.29, 0.717) is 17.9 Å². The standard InChI is InChI=1S/C23H31N3O5S/c1-6-21(23(28)24-3)25(15-18-9-7-8-17(2)14-18)22(27)16-26(32(5,29)30)19-10-12-20(31-4)13-11-19/h7-14,21H,6,15-16H2,1-5H3,(H,24,28)/t21-/m1/s1. The van der Waals surface area contributed by atoms with Crippen LogP contribution >= 0.6 is 0 Å². The van der Waals surface area contributed by atoms with Gasteiger partial charge in [0, 0.05) is 13.6 Å². The van der Waals surface area contributed by atoms with Crippen molar-refractivity contribution < 1.29 is 22.7 Å². The molecule has 0 saturated heterocycles. The molecule has 0 aliphatic carbocycles. The maximum atomic E-state index is 13.4. The zero-order chi connectivity index (χ0) is 23.9. The molecule has 2 aromatic carbocycles. The summed E-state index contributed by atoms with van der Waals surface area (Å²) in [4.78, 5) is 27.4. The number of likely N-dealkylation sites (N-methyl/N-ethyl adjacent to an activating group) is 1. The molecule has 0 aliphatic heterocycles. The number of amides is 2. The lowest BCUT2D eigenvalue weighted by Crippen LogP contribution is -2.51. The summed E-state index contributed by atoms with van der Waals surface area (Å²) in [5.41, 5.74) is 2.22. The molecule has 0 aromatic heterocycles. The van der Waals surface area contributed by atoms with Gasteiger partial charge in [0.05, 0.1) is 19.1 Å². The molecule has 32 heavy (non-hydrogen) atoms. The van der Waals surface area contributed by atoms with Gasteiger partial charge in [-0.2, -0.15) is 0 Å². The van der Waals surface area contributed by atoms with Crippen LogP contribution in [0.3, 0.4) is 0 Å². The van der Waals surface area contributed by atoms with E-state index in [1.807, 2.05) is 38.1 Å². The quantitative estimate of drug-likeness (QED) is 0.586. The van der Waals surface area contributed by atoms with E-state index in [2.05, 4.69) is 5.32 Å². The lowest BCUT2D eigenvalue weighted by molar-refractivity contribution is -0.140. The molecule has 0 aliphatic rings. The highest BCUT2D eigenvalue weighted by atomic mass is 32.2. The summed E-state index contributed by atoms with van der Waals surface area (Å²) in [6.45, 7) is 3.52. The van der Waals surface area contributed by atoms with Crippen molar-refractivity contribution in [1.29, 1.82) is 0 Å². The highest BCUT2D eigenvalue weighted by Crippen LogP contribution is 2.22. The maximum absolute atomic E-state index is 13.4. The third-order valence-corrected chi connectivity index (χ3v) is 6.25. The van der Waals surface area contributed by atoms with Gasteiger partial charge >= 0.3 is 0 Å². The minimum absolute atomic E-state index is 0.187. The van der Waals surface area contributed by atoms with E-state index in [0.717, 1.165) is 21.7 Å². The number of rotatable bonds is 10. The van der Waals surface area contributed by atoms with Crippen molar-refractivity contribution in [3.63, 3.8) is 0 Å². The van der Waals surface area contributed by atoms with E-state index in [1.54, 1.807) is 24.3 Å². The number of methoxy groups -OCH3 is 1. The van der Waals surface area contributed by atoms with Crippen LogP contribution in [-0.2, 0) is 26.2 Å². The molecule has 1 atom stereocenters. The normalized spacial score (nSPS) is 12.0. The number of nitrogens with zero attached hydrogens (tertiary/aromatic N) is 2. The predicted octanol–water partition coefficient (Wildman–Crippen LogP) is 2.32. The number of carbonyl (C=O) groups excluding carboxylic acids is 2. The Bertz CT molecular complexity index is 1040. The summed E-state index contributed by atoms with van der Waals surface area (Å²) < 4.78 is 31.2. The summed E-state index contributed by atoms with van der Waals surface area (Å²) in [6.07, 6.45) is 1.43. The summed E-state index contributed by atoms with van der Waals surface area (Å²) in [6, 6.07) is 13.3. The fourth-order valence-electron chi connectivity index (χ4n) is 3.46. The van der Waals surface area contributed by atoms with Gasteiger partial charge in [-0.3, -0.25) is 13.9 Å². The number of hydrogen-bond donors (Lipinski definition) is 1. The summed E-state index contributed by atoms with van der Waals surface area (Å²) in [5, 5.41) is 2.60. The first-order chi connectivity index (χ1) is 15.1. The van der Waals surface area contributed by atoms with Crippen molar-refractivity contribution in [2.75, 3.05) is 31.3 Å². The summed E-state index contributed by atoms with van der Waals surface area (Å²) in [7, 11) is -0.732. The smallest absolute Gasteiger partial charge is 0.244 e. The lowest BCUT2D eigenvalue weighted by atomic mass is 10.1. The Hall–Kier alpha value is -3.07. The monoisotopic (exact) mass is 461 g/mol.